The summed E-state index contributed by atoms with van der Waals surface area (Å²) in [5.74, 6) is -9.51. The molecule has 0 saturated carbocycles. The van der Waals surface area contributed by atoms with Gasteiger partial charge in [-0.05, 0) is 53.4 Å². The summed E-state index contributed by atoms with van der Waals surface area (Å²) in [6, 6.07) is 0. The normalized spacial score (nSPS) is 12.9. The van der Waals surface area contributed by atoms with Crippen LogP contribution in [0.2, 0.25) is 0 Å². The average Bonchev–Trinajstić information content (AvgIpc) is 2.66. The number of aliphatic hydroxyl groups is 2. The maximum Gasteiger partial charge on any atom is 2.00 e. The summed E-state index contributed by atoms with van der Waals surface area (Å²) in [5, 5.41) is 38.0. The zero-order valence-electron chi connectivity index (χ0n) is 23.5. The van der Waals surface area contributed by atoms with Crippen molar-refractivity contribution in [1.82, 2.24) is 0 Å². The van der Waals surface area contributed by atoms with E-state index < -0.39 is 71.7 Å². The van der Waals surface area contributed by atoms with Gasteiger partial charge in [0.15, 0.2) is 11.6 Å². The van der Waals surface area contributed by atoms with Gasteiger partial charge in [-0.1, -0.05) is 27.7 Å². The predicted octanol–water partition coefficient (Wildman–Crippen LogP) is 2.90. The average molecular weight is 662 g/mol. The van der Waals surface area contributed by atoms with Crippen LogP contribution in [0.5, 0.6) is 0 Å². The Morgan fingerprint density at radius 1 is 0.615 bits per heavy atom. The third-order valence-corrected chi connectivity index (χ3v) is 4.64. The molecule has 0 rings (SSSR count). The number of carboxylic acids is 2. The quantitative estimate of drug-likeness (QED) is 0.268. The third kappa shape index (κ3) is 36.7. The summed E-state index contributed by atoms with van der Waals surface area (Å²) in [5.41, 5.74) is -0.917. The van der Waals surface area contributed by atoms with Crippen LogP contribution in [0.25, 0.3) is 0 Å². The summed E-state index contributed by atoms with van der Waals surface area (Å²) in [6.45, 7) is 13.7. The molecule has 39 heavy (non-hydrogen) atoms. The molecular formula is C24H40F6O8Zr. The monoisotopic (exact) mass is 660 g/mol. The first-order valence-electron chi connectivity index (χ1n) is 11.7. The Balaban J connectivity index is -0.000000139. The Kier molecular flexibility index (Phi) is 26.1. The number of carbonyl (C=O) groups excluding carboxylic acids is 4. The molecular weight excluding hydrogens is 621 g/mol. The first-order chi connectivity index (χ1) is 16.7. The number of rotatable bonds is 10. The van der Waals surface area contributed by atoms with E-state index in [1.807, 2.05) is 13.8 Å². The van der Waals surface area contributed by atoms with Crippen LogP contribution in [0.1, 0.15) is 93.9 Å². The van der Waals surface area contributed by atoms with E-state index in [9.17, 15) is 55.7 Å². The van der Waals surface area contributed by atoms with Crippen molar-refractivity contribution in [1.29, 1.82) is 0 Å². The third-order valence-electron chi connectivity index (χ3n) is 4.64. The van der Waals surface area contributed by atoms with Gasteiger partial charge >= 0.3 is 38.6 Å². The fourth-order valence-electron chi connectivity index (χ4n) is 1.69. The number of hydrogen-bond donors (Lipinski definition) is 2. The van der Waals surface area contributed by atoms with E-state index in [0.29, 0.717) is 0 Å². The second-order valence-electron chi connectivity index (χ2n) is 9.41. The van der Waals surface area contributed by atoms with Gasteiger partial charge in [0, 0.05) is 0 Å². The zero-order valence-corrected chi connectivity index (χ0v) is 26.0. The van der Waals surface area contributed by atoms with Crippen LogP contribution < -0.4 is 10.2 Å². The van der Waals surface area contributed by atoms with Crippen molar-refractivity contribution >= 4 is 23.5 Å². The van der Waals surface area contributed by atoms with Crippen molar-refractivity contribution in [2.45, 2.75) is 117 Å². The summed E-state index contributed by atoms with van der Waals surface area (Å²) < 4.78 is 69.8. The van der Waals surface area contributed by atoms with Gasteiger partial charge in [-0.15, -0.1) is 0 Å². The molecule has 15 heteroatoms. The van der Waals surface area contributed by atoms with E-state index >= 15 is 0 Å². The second-order valence-corrected chi connectivity index (χ2v) is 9.41. The van der Waals surface area contributed by atoms with Gasteiger partial charge in [-0.25, -0.2) is 0 Å². The van der Waals surface area contributed by atoms with Crippen LogP contribution in [0.4, 0.5) is 26.3 Å². The van der Waals surface area contributed by atoms with Crippen LogP contribution in [-0.4, -0.2) is 57.3 Å². The summed E-state index contributed by atoms with van der Waals surface area (Å²) in [4.78, 5) is 41.7. The fourth-order valence-corrected chi connectivity index (χ4v) is 1.69. The first-order valence-corrected chi connectivity index (χ1v) is 11.7. The molecule has 2 atom stereocenters. The van der Waals surface area contributed by atoms with Crippen molar-refractivity contribution in [2.75, 3.05) is 0 Å². The van der Waals surface area contributed by atoms with Gasteiger partial charge in [-0.2, -0.15) is 26.3 Å². The molecule has 0 amide bonds. The molecule has 0 aliphatic heterocycles. The molecule has 8 nitrogen and oxygen atoms in total. The smallest absolute Gasteiger partial charge is 0.549 e. The first kappa shape index (κ1) is 47.5. The zero-order chi connectivity index (χ0) is 31.7. The van der Waals surface area contributed by atoms with E-state index in [1.165, 1.54) is 13.8 Å². The molecule has 0 aromatic carbocycles. The van der Waals surface area contributed by atoms with Gasteiger partial charge in [0.05, 0.1) is 35.0 Å². The molecule has 230 valence electrons. The maximum atomic E-state index is 11.6. The minimum atomic E-state index is -4.65. The predicted molar refractivity (Wildman–Crippen MR) is 122 cm³/mol. The van der Waals surface area contributed by atoms with E-state index in [0.717, 1.165) is 12.8 Å². The van der Waals surface area contributed by atoms with Crippen LogP contribution in [-0.2, 0) is 45.4 Å². The molecule has 2 unspecified atom stereocenters. The molecule has 0 saturated heterocycles. The molecule has 2 N–H and O–H groups in total. The Labute approximate surface area is 244 Å². The molecule has 0 aromatic heterocycles. The minimum Gasteiger partial charge on any atom is -0.549 e. The summed E-state index contributed by atoms with van der Waals surface area (Å²) in [6.07, 6.45) is -11.4. The Morgan fingerprint density at radius 3 is 0.872 bits per heavy atom. The Hall–Kier alpha value is -1.34. The summed E-state index contributed by atoms with van der Waals surface area (Å²) in [7, 11) is 0. The number of carboxylic acid groups (broad SMARTS) is 2. The van der Waals surface area contributed by atoms with Gasteiger partial charge < -0.3 is 30.0 Å². The number of alkyl halides is 6. The van der Waals surface area contributed by atoms with E-state index in [-0.39, 0.29) is 39.0 Å². The van der Waals surface area contributed by atoms with E-state index in [4.69, 9.17) is 10.2 Å². The largest absolute Gasteiger partial charge is 2.00 e. The van der Waals surface area contributed by atoms with Crippen molar-refractivity contribution in [3.63, 3.8) is 0 Å². The Bertz CT molecular complexity index is 651. The molecule has 0 heterocycles. The van der Waals surface area contributed by atoms with Gasteiger partial charge in [0.2, 0.25) is 0 Å². The number of ketones is 2. The topological polar surface area (TPSA) is 155 Å². The fraction of sp³-hybridized carbons (Fsp3) is 0.833. The second kappa shape index (κ2) is 21.4. The van der Waals surface area contributed by atoms with Crippen molar-refractivity contribution < 1.29 is 92.2 Å². The van der Waals surface area contributed by atoms with Gasteiger partial charge in [0.1, 0.15) is 12.8 Å². The number of aliphatic carboxylic acids is 2. The summed E-state index contributed by atoms with van der Waals surface area (Å²) >= 11 is 0. The number of halogens is 6. The molecule has 0 spiro atoms. The van der Waals surface area contributed by atoms with Crippen LogP contribution in [0, 0.1) is 11.8 Å². The van der Waals surface area contributed by atoms with Gasteiger partial charge in [-0.3, -0.25) is 9.59 Å². The van der Waals surface area contributed by atoms with Crippen LogP contribution in [0.3, 0.4) is 0 Å². The Morgan fingerprint density at radius 2 is 0.795 bits per heavy atom. The minimum absolute atomic E-state index is 0. The van der Waals surface area contributed by atoms with Crippen molar-refractivity contribution in [3.8, 4) is 0 Å². The van der Waals surface area contributed by atoms with Crippen LogP contribution >= 0.6 is 0 Å². The number of Topliss-reactive ketones (excluding diaryl/α,β-unsaturated/α-hetero) is 2. The van der Waals surface area contributed by atoms with Gasteiger partial charge in [0.25, 0.3) is 0 Å². The van der Waals surface area contributed by atoms with E-state index in [1.54, 1.807) is 27.7 Å². The number of carbonyl (C=O) groups is 4. The van der Waals surface area contributed by atoms with Crippen molar-refractivity contribution in [2.24, 2.45) is 11.8 Å². The molecule has 0 fully saturated rings. The molecule has 0 radical (unpaired) electrons. The number of hydrogen-bond acceptors (Lipinski definition) is 8. The maximum absolute atomic E-state index is 11.6. The van der Waals surface area contributed by atoms with E-state index in [2.05, 4.69) is 0 Å². The molecule has 0 aliphatic rings. The molecule has 0 bridgehead atoms. The standard InChI is InChI=1S/2C7H9F3O3.2C5H12O.Zr/c2*1-2-4(6(12)13)5(11)3-7(8,9)10;2*1-4-5(2,3)6;/h2*4H,2-3H2,1H3,(H,12,13);2*6H,4H2,1-3H3;/q;;;;+2/p-2. The molecule has 0 aliphatic carbocycles. The van der Waals surface area contributed by atoms with Crippen molar-refractivity contribution in [3.05, 3.63) is 0 Å². The SMILES string of the molecule is CCC(C(=O)[O-])C(=O)CC(F)(F)F.CCC(C(=O)[O-])C(=O)CC(F)(F)F.CCC(C)(C)O.CCC(C)(C)O.[Zr+2]. The van der Waals surface area contributed by atoms with Crippen LogP contribution in [0.15, 0.2) is 0 Å². The molecule has 0 aromatic rings.